The van der Waals surface area contributed by atoms with Crippen molar-refractivity contribution >= 4 is 11.7 Å². The van der Waals surface area contributed by atoms with Gasteiger partial charge in [-0.05, 0) is 30.0 Å². The highest BCUT2D eigenvalue weighted by atomic mass is 16.2. The van der Waals surface area contributed by atoms with Crippen LogP contribution in [0.25, 0.3) is 5.78 Å². The smallest absolute Gasteiger partial charge is 0.272 e. The van der Waals surface area contributed by atoms with E-state index < -0.39 is 0 Å². The Morgan fingerprint density at radius 1 is 1.21 bits per heavy atom. The molecule has 3 aromatic heterocycles. The molecule has 0 radical (unpaired) electrons. The van der Waals surface area contributed by atoms with E-state index >= 15 is 0 Å². The maximum Gasteiger partial charge on any atom is 0.272 e. The number of amides is 1. The molecule has 0 atom stereocenters. The monoisotopic (exact) mass is 379 g/mol. The van der Waals surface area contributed by atoms with Gasteiger partial charge in [-0.1, -0.05) is 19.9 Å². The van der Waals surface area contributed by atoms with Crippen molar-refractivity contribution in [3.05, 3.63) is 53.9 Å². The molecular formula is C20H25N7O. The minimum Gasteiger partial charge on any atom is -0.336 e. The van der Waals surface area contributed by atoms with Crippen molar-refractivity contribution in [2.45, 2.75) is 32.7 Å². The van der Waals surface area contributed by atoms with E-state index in [2.05, 4.69) is 44.9 Å². The van der Waals surface area contributed by atoms with Gasteiger partial charge in [-0.15, -0.1) is 0 Å². The van der Waals surface area contributed by atoms with Gasteiger partial charge in [-0.25, -0.2) is 9.50 Å². The molecule has 4 heterocycles. The third-order valence-electron chi connectivity index (χ3n) is 5.09. The molecular weight excluding hydrogens is 354 g/mol. The Kier molecular flexibility index (Phi) is 5.29. The minimum atomic E-state index is -0.0318. The minimum absolute atomic E-state index is 0.0318. The highest BCUT2D eigenvalue weighted by Crippen LogP contribution is 2.17. The first-order chi connectivity index (χ1) is 13.6. The molecule has 0 bridgehead atoms. The Labute approximate surface area is 164 Å². The maximum absolute atomic E-state index is 13.1. The molecule has 146 valence electrons. The highest BCUT2D eigenvalue weighted by molar-refractivity contribution is 5.92. The van der Waals surface area contributed by atoms with Crippen LogP contribution in [0.2, 0.25) is 0 Å². The molecule has 0 aliphatic carbocycles. The number of nitrogens with zero attached hydrogens (tertiary/aromatic N) is 7. The molecule has 3 aromatic rings. The van der Waals surface area contributed by atoms with E-state index in [4.69, 9.17) is 0 Å². The standard InChI is InChI=1S/C20H25N7O/c1-15(2)18-11-17(24-20-22-14-23-27(18)20)19(28)26-8-4-7-25(9-10-26)13-16-5-3-6-21-12-16/h3,5-6,11-12,14-15H,4,7-10,13H2,1-2H3. The van der Waals surface area contributed by atoms with E-state index in [-0.39, 0.29) is 11.8 Å². The lowest BCUT2D eigenvalue weighted by atomic mass is 10.1. The van der Waals surface area contributed by atoms with Crippen molar-refractivity contribution in [3.63, 3.8) is 0 Å². The van der Waals surface area contributed by atoms with Crippen molar-refractivity contribution in [2.24, 2.45) is 0 Å². The summed E-state index contributed by atoms with van der Waals surface area (Å²) in [7, 11) is 0. The van der Waals surface area contributed by atoms with Crippen molar-refractivity contribution in [2.75, 3.05) is 26.2 Å². The van der Waals surface area contributed by atoms with Crippen molar-refractivity contribution in [1.82, 2.24) is 34.4 Å². The van der Waals surface area contributed by atoms with Gasteiger partial charge in [0.2, 0.25) is 0 Å². The average molecular weight is 379 g/mol. The molecule has 1 fully saturated rings. The lowest BCUT2D eigenvalue weighted by molar-refractivity contribution is 0.0755. The third kappa shape index (κ3) is 3.87. The second-order valence-electron chi connectivity index (χ2n) is 7.48. The number of rotatable bonds is 4. The third-order valence-corrected chi connectivity index (χ3v) is 5.09. The molecule has 0 saturated carbocycles. The summed E-state index contributed by atoms with van der Waals surface area (Å²) < 4.78 is 1.71. The van der Waals surface area contributed by atoms with Crippen LogP contribution in [0.1, 0.15) is 47.9 Å². The van der Waals surface area contributed by atoms with Crippen molar-refractivity contribution in [1.29, 1.82) is 0 Å². The van der Waals surface area contributed by atoms with Gasteiger partial charge in [0, 0.05) is 45.1 Å². The van der Waals surface area contributed by atoms with Crippen molar-refractivity contribution < 1.29 is 4.79 Å². The Hall–Kier alpha value is -2.87. The average Bonchev–Trinajstić information content (AvgIpc) is 3.06. The van der Waals surface area contributed by atoms with Crippen LogP contribution >= 0.6 is 0 Å². The number of pyridine rings is 1. The second kappa shape index (κ2) is 8.02. The first-order valence-electron chi connectivity index (χ1n) is 9.73. The van der Waals surface area contributed by atoms with Gasteiger partial charge >= 0.3 is 0 Å². The number of hydrogen-bond acceptors (Lipinski definition) is 6. The van der Waals surface area contributed by atoms with Crippen LogP contribution in [0.4, 0.5) is 0 Å². The zero-order chi connectivity index (χ0) is 19.5. The quantitative estimate of drug-likeness (QED) is 0.690. The van der Waals surface area contributed by atoms with Gasteiger partial charge in [-0.2, -0.15) is 10.1 Å². The van der Waals surface area contributed by atoms with E-state index in [9.17, 15) is 4.79 Å². The summed E-state index contributed by atoms with van der Waals surface area (Å²) >= 11 is 0. The van der Waals surface area contributed by atoms with Crippen LogP contribution in [0.5, 0.6) is 0 Å². The van der Waals surface area contributed by atoms with Gasteiger partial charge in [0.25, 0.3) is 11.7 Å². The highest BCUT2D eigenvalue weighted by Gasteiger charge is 2.23. The Morgan fingerprint density at radius 3 is 2.89 bits per heavy atom. The second-order valence-corrected chi connectivity index (χ2v) is 7.48. The van der Waals surface area contributed by atoms with Crippen LogP contribution in [-0.4, -0.2) is 66.5 Å². The van der Waals surface area contributed by atoms with E-state index in [1.807, 2.05) is 23.2 Å². The summed E-state index contributed by atoms with van der Waals surface area (Å²) in [5, 5.41) is 4.22. The predicted octanol–water partition coefficient (Wildman–Crippen LogP) is 1.99. The van der Waals surface area contributed by atoms with Crippen LogP contribution in [0, 0.1) is 0 Å². The van der Waals surface area contributed by atoms with Gasteiger partial charge in [-0.3, -0.25) is 14.7 Å². The Bertz CT molecular complexity index is 954. The molecule has 8 nitrogen and oxygen atoms in total. The molecule has 0 spiro atoms. The van der Waals surface area contributed by atoms with Gasteiger partial charge in [0.05, 0.1) is 5.69 Å². The molecule has 0 aromatic carbocycles. The number of carbonyl (C=O) groups excluding carboxylic acids is 1. The fraction of sp³-hybridized carbons (Fsp3) is 0.450. The topological polar surface area (TPSA) is 79.5 Å². The van der Waals surface area contributed by atoms with E-state index in [0.29, 0.717) is 18.0 Å². The van der Waals surface area contributed by atoms with Gasteiger partial charge in [0.1, 0.15) is 12.0 Å². The van der Waals surface area contributed by atoms with Crippen LogP contribution in [0.15, 0.2) is 36.9 Å². The molecule has 0 unspecified atom stereocenters. The van der Waals surface area contributed by atoms with Crippen molar-refractivity contribution in [3.8, 4) is 0 Å². The van der Waals surface area contributed by atoms with Gasteiger partial charge < -0.3 is 4.90 Å². The number of carbonyl (C=O) groups is 1. The molecule has 0 N–H and O–H groups in total. The summed E-state index contributed by atoms with van der Waals surface area (Å²) in [5.41, 5.74) is 2.59. The van der Waals surface area contributed by atoms with Crippen LogP contribution in [0.3, 0.4) is 0 Å². The Morgan fingerprint density at radius 2 is 2.11 bits per heavy atom. The summed E-state index contributed by atoms with van der Waals surface area (Å²) in [6, 6.07) is 5.90. The van der Waals surface area contributed by atoms with Crippen LogP contribution in [-0.2, 0) is 6.54 Å². The fourth-order valence-electron chi connectivity index (χ4n) is 3.60. The largest absolute Gasteiger partial charge is 0.336 e. The predicted molar refractivity (Wildman–Crippen MR) is 105 cm³/mol. The molecule has 8 heteroatoms. The first-order valence-corrected chi connectivity index (χ1v) is 9.73. The molecule has 1 aliphatic rings. The lowest BCUT2D eigenvalue weighted by Gasteiger charge is -2.22. The number of hydrogen-bond donors (Lipinski definition) is 0. The fourth-order valence-corrected chi connectivity index (χ4v) is 3.60. The number of fused-ring (bicyclic) bond motifs is 1. The normalized spacial score (nSPS) is 15.9. The summed E-state index contributed by atoms with van der Waals surface area (Å²) in [5.74, 6) is 0.663. The molecule has 1 amide bonds. The summed E-state index contributed by atoms with van der Waals surface area (Å²) in [4.78, 5) is 30.2. The SMILES string of the molecule is CC(C)c1cc(C(=O)N2CCCN(Cc3cccnc3)CC2)nc2ncnn12. The summed E-state index contributed by atoms with van der Waals surface area (Å²) in [6.45, 7) is 8.24. The zero-order valence-electron chi connectivity index (χ0n) is 16.3. The molecule has 4 rings (SSSR count). The van der Waals surface area contributed by atoms with Crippen LogP contribution < -0.4 is 0 Å². The first kappa shape index (κ1) is 18.5. The molecule has 1 saturated heterocycles. The van der Waals surface area contributed by atoms with E-state index in [1.165, 1.54) is 11.9 Å². The Balaban J connectivity index is 1.49. The summed E-state index contributed by atoms with van der Waals surface area (Å²) in [6.07, 6.45) is 6.11. The maximum atomic E-state index is 13.1. The molecule has 28 heavy (non-hydrogen) atoms. The molecule has 1 aliphatic heterocycles. The zero-order valence-corrected chi connectivity index (χ0v) is 16.3. The lowest BCUT2D eigenvalue weighted by Crippen LogP contribution is -2.35. The van der Waals surface area contributed by atoms with E-state index in [1.54, 1.807) is 10.7 Å². The number of aromatic nitrogens is 5. The van der Waals surface area contributed by atoms with E-state index in [0.717, 1.165) is 38.3 Å². The van der Waals surface area contributed by atoms with Gasteiger partial charge in [0.15, 0.2) is 0 Å².